The predicted octanol–water partition coefficient (Wildman–Crippen LogP) is 1.82. The second kappa shape index (κ2) is 7.78. The molecule has 1 aromatic carbocycles. The van der Waals surface area contributed by atoms with Crippen molar-refractivity contribution in [1.82, 2.24) is 5.32 Å². The molecule has 0 aliphatic rings. The number of rotatable bonds is 7. The average molecular weight is 293 g/mol. The minimum atomic E-state index is -0.466. The van der Waals surface area contributed by atoms with Gasteiger partial charge in [-0.3, -0.25) is 9.59 Å². The lowest BCUT2D eigenvalue weighted by molar-refractivity contribution is -0.148. The predicted molar refractivity (Wildman–Crippen MR) is 79.4 cm³/mol. The summed E-state index contributed by atoms with van der Waals surface area (Å²) in [6.45, 7) is 5.11. The van der Waals surface area contributed by atoms with Crippen LogP contribution < -0.4 is 5.32 Å². The molecular weight excluding hydrogens is 270 g/mol. The fraction of sp³-hybridized carbons (Fsp3) is 0.500. The number of benzene rings is 1. The van der Waals surface area contributed by atoms with E-state index in [-0.39, 0.29) is 25.5 Å². The Morgan fingerprint density at radius 2 is 1.90 bits per heavy atom. The molecule has 5 nitrogen and oxygen atoms in total. The number of carbonyl (C=O) groups excluding carboxylic acids is 2. The molecule has 0 saturated carbocycles. The monoisotopic (exact) mass is 293 g/mol. The van der Waals surface area contributed by atoms with Gasteiger partial charge >= 0.3 is 5.97 Å². The molecule has 1 aromatic rings. The zero-order chi connectivity index (χ0) is 15.9. The number of amides is 1. The smallest absolute Gasteiger partial charge is 0.308 e. The third kappa shape index (κ3) is 6.40. The van der Waals surface area contributed by atoms with Gasteiger partial charge in [-0.25, -0.2) is 0 Å². The summed E-state index contributed by atoms with van der Waals surface area (Å²) >= 11 is 0. The maximum absolute atomic E-state index is 11.9. The van der Waals surface area contributed by atoms with Crippen LogP contribution in [0.3, 0.4) is 0 Å². The van der Waals surface area contributed by atoms with Crippen molar-refractivity contribution in [2.75, 3.05) is 13.2 Å². The van der Waals surface area contributed by atoms with E-state index in [1.165, 1.54) is 6.92 Å². The van der Waals surface area contributed by atoms with E-state index in [0.717, 1.165) is 5.56 Å². The third-order valence-electron chi connectivity index (χ3n) is 3.00. The number of ether oxygens (including phenoxy) is 1. The van der Waals surface area contributed by atoms with Gasteiger partial charge in [-0.05, 0) is 5.56 Å². The first-order chi connectivity index (χ1) is 9.84. The van der Waals surface area contributed by atoms with Gasteiger partial charge in [0.2, 0.25) is 5.91 Å². The van der Waals surface area contributed by atoms with Crippen LogP contribution in [0.25, 0.3) is 0 Å². The Bertz CT molecular complexity index is 470. The molecule has 1 atom stereocenters. The summed E-state index contributed by atoms with van der Waals surface area (Å²) < 4.78 is 5.18. The summed E-state index contributed by atoms with van der Waals surface area (Å²) in [5.41, 5.74) is 0.386. The number of carbonyl (C=O) groups is 2. The van der Waals surface area contributed by atoms with Crippen LogP contribution in [0, 0.1) is 5.41 Å². The number of nitrogens with one attached hydrogen (secondary N) is 1. The maximum atomic E-state index is 11.9. The molecule has 0 fully saturated rings. The lowest BCUT2D eigenvalue weighted by Crippen LogP contribution is -2.30. The quantitative estimate of drug-likeness (QED) is 0.752. The molecule has 1 amide bonds. The topological polar surface area (TPSA) is 75.6 Å². The van der Waals surface area contributed by atoms with Gasteiger partial charge in [0.05, 0.1) is 25.7 Å². The van der Waals surface area contributed by atoms with Crippen LogP contribution >= 0.6 is 0 Å². The first-order valence-corrected chi connectivity index (χ1v) is 6.92. The molecule has 0 spiro atoms. The largest absolute Gasteiger partial charge is 0.465 e. The first kappa shape index (κ1) is 17.2. The van der Waals surface area contributed by atoms with Gasteiger partial charge in [0.1, 0.15) is 0 Å². The van der Waals surface area contributed by atoms with E-state index in [1.54, 1.807) is 0 Å². The van der Waals surface area contributed by atoms with Gasteiger partial charge in [-0.1, -0.05) is 44.2 Å². The van der Waals surface area contributed by atoms with Crippen LogP contribution in [0.1, 0.15) is 38.8 Å². The molecule has 0 radical (unpaired) electrons. The Balaban J connectivity index is 2.65. The van der Waals surface area contributed by atoms with Crippen molar-refractivity contribution in [2.24, 2.45) is 5.41 Å². The summed E-state index contributed by atoms with van der Waals surface area (Å²) in [7, 11) is 0. The van der Waals surface area contributed by atoms with Crippen molar-refractivity contribution in [1.29, 1.82) is 0 Å². The van der Waals surface area contributed by atoms with E-state index >= 15 is 0 Å². The van der Waals surface area contributed by atoms with Crippen LogP contribution in [0.15, 0.2) is 30.3 Å². The lowest BCUT2D eigenvalue weighted by Gasteiger charge is -2.22. The van der Waals surface area contributed by atoms with Crippen molar-refractivity contribution in [3.05, 3.63) is 35.9 Å². The molecule has 1 rings (SSSR count). The average Bonchev–Trinajstić information content (AvgIpc) is 2.45. The maximum Gasteiger partial charge on any atom is 0.308 e. The molecule has 21 heavy (non-hydrogen) atoms. The van der Waals surface area contributed by atoms with E-state index < -0.39 is 17.4 Å². The molecule has 1 unspecified atom stereocenters. The summed E-state index contributed by atoms with van der Waals surface area (Å²) in [4.78, 5) is 23.2. The molecule has 5 heteroatoms. The Morgan fingerprint density at radius 1 is 1.29 bits per heavy atom. The summed E-state index contributed by atoms with van der Waals surface area (Å²) in [6, 6.07) is 8.87. The van der Waals surface area contributed by atoms with Gasteiger partial charge in [-0.2, -0.15) is 0 Å². The zero-order valence-corrected chi connectivity index (χ0v) is 12.8. The minimum Gasteiger partial charge on any atom is -0.465 e. The van der Waals surface area contributed by atoms with E-state index in [9.17, 15) is 9.59 Å². The number of esters is 1. The standard InChI is InChI=1S/C16H23NO4/c1-12(19)17-14(13-7-5-4-6-8-13)9-15(20)21-11-16(2,3)10-18/h4-8,14,18H,9-11H2,1-3H3,(H,17,19). The molecule has 0 aromatic heterocycles. The van der Waals surface area contributed by atoms with Crippen molar-refractivity contribution >= 4 is 11.9 Å². The molecule has 2 N–H and O–H groups in total. The van der Waals surface area contributed by atoms with Crippen molar-refractivity contribution in [3.8, 4) is 0 Å². The van der Waals surface area contributed by atoms with Gasteiger partial charge in [-0.15, -0.1) is 0 Å². The molecule has 0 aliphatic carbocycles. The van der Waals surface area contributed by atoms with E-state index in [4.69, 9.17) is 9.84 Å². The number of hydrogen-bond donors (Lipinski definition) is 2. The molecular formula is C16H23NO4. The fourth-order valence-corrected chi connectivity index (χ4v) is 1.73. The van der Waals surface area contributed by atoms with Gasteiger partial charge in [0, 0.05) is 12.3 Å². The Labute approximate surface area is 125 Å². The number of hydrogen-bond acceptors (Lipinski definition) is 4. The fourth-order valence-electron chi connectivity index (χ4n) is 1.73. The Hall–Kier alpha value is -1.88. The highest BCUT2D eigenvalue weighted by molar-refractivity contribution is 5.76. The molecule has 0 aliphatic heterocycles. The molecule has 0 bridgehead atoms. The van der Waals surface area contributed by atoms with E-state index in [2.05, 4.69) is 5.32 Å². The normalized spacial score (nSPS) is 12.6. The lowest BCUT2D eigenvalue weighted by atomic mass is 9.96. The molecule has 0 saturated heterocycles. The third-order valence-corrected chi connectivity index (χ3v) is 3.00. The Morgan fingerprint density at radius 3 is 2.43 bits per heavy atom. The van der Waals surface area contributed by atoms with Crippen molar-refractivity contribution in [2.45, 2.75) is 33.2 Å². The van der Waals surface area contributed by atoms with E-state index in [0.29, 0.717) is 0 Å². The summed E-state index contributed by atoms with van der Waals surface area (Å²) in [5.74, 6) is -0.605. The van der Waals surface area contributed by atoms with Crippen molar-refractivity contribution < 1.29 is 19.4 Å². The van der Waals surface area contributed by atoms with Crippen LogP contribution in [0.5, 0.6) is 0 Å². The van der Waals surface area contributed by atoms with Crippen LogP contribution in [0.4, 0.5) is 0 Å². The summed E-state index contributed by atoms with van der Waals surface area (Å²) in [6.07, 6.45) is 0.0606. The SMILES string of the molecule is CC(=O)NC(CC(=O)OCC(C)(C)CO)c1ccccc1. The molecule has 116 valence electrons. The number of aliphatic hydroxyl groups is 1. The second-order valence-corrected chi connectivity index (χ2v) is 5.85. The number of aliphatic hydroxyl groups excluding tert-OH is 1. The van der Waals surface area contributed by atoms with Crippen molar-refractivity contribution in [3.63, 3.8) is 0 Å². The van der Waals surface area contributed by atoms with Gasteiger partial charge in [0.25, 0.3) is 0 Å². The van der Waals surface area contributed by atoms with Gasteiger partial charge < -0.3 is 15.2 Å². The first-order valence-electron chi connectivity index (χ1n) is 6.92. The zero-order valence-electron chi connectivity index (χ0n) is 12.8. The summed E-state index contributed by atoms with van der Waals surface area (Å²) in [5, 5.41) is 11.9. The minimum absolute atomic E-state index is 0.0606. The highest BCUT2D eigenvalue weighted by Crippen LogP contribution is 2.19. The van der Waals surface area contributed by atoms with E-state index in [1.807, 2.05) is 44.2 Å². The van der Waals surface area contributed by atoms with Crippen LogP contribution in [-0.4, -0.2) is 30.2 Å². The second-order valence-electron chi connectivity index (χ2n) is 5.85. The highest BCUT2D eigenvalue weighted by Gasteiger charge is 2.22. The molecule has 0 heterocycles. The highest BCUT2D eigenvalue weighted by atomic mass is 16.5. The van der Waals surface area contributed by atoms with Crippen LogP contribution in [-0.2, 0) is 14.3 Å². The van der Waals surface area contributed by atoms with Gasteiger partial charge in [0.15, 0.2) is 0 Å². The van der Waals surface area contributed by atoms with Crippen LogP contribution in [0.2, 0.25) is 0 Å². The Kier molecular flexibility index (Phi) is 6.37.